The normalized spacial score (nSPS) is 11.3. The Morgan fingerprint density at radius 1 is 0.654 bits per heavy atom. The molecule has 0 fully saturated rings. The highest BCUT2D eigenvalue weighted by Gasteiger charge is 2.14. The first-order valence-electron chi connectivity index (χ1n) is 8.30. The van der Waals surface area contributed by atoms with Gasteiger partial charge >= 0.3 is 0 Å². The van der Waals surface area contributed by atoms with Gasteiger partial charge < -0.3 is 0 Å². The van der Waals surface area contributed by atoms with Crippen molar-refractivity contribution in [3.05, 3.63) is 84.1 Å². The van der Waals surface area contributed by atoms with Crippen molar-refractivity contribution in [2.45, 2.75) is 0 Å². The van der Waals surface area contributed by atoms with Gasteiger partial charge in [0.2, 0.25) is 5.28 Å². The zero-order valence-corrected chi connectivity index (χ0v) is 15.3. The molecule has 2 heterocycles. The summed E-state index contributed by atoms with van der Waals surface area (Å²) in [7, 11) is 0. The van der Waals surface area contributed by atoms with E-state index in [0.717, 1.165) is 26.9 Å². The topological polar surface area (TPSA) is 25.8 Å². The Labute approximate surface area is 159 Å². The summed E-state index contributed by atoms with van der Waals surface area (Å²) in [4.78, 5) is 9.01. The van der Waals surface area contributed by atoms with Crippen LogP contribution in [0, 0.1) is 0 Å². The van der Waals surface area contributed by atoms with Gasteiger partial charge in [0.15, 0.2) is 0 Å². The fraction of sp³-hybridized carbons (Fsp3) is 0. The maximum atomic E-state index is 6.24. The minimum absolute atomic E-state index is 0.281. The van der Waals surface area contributed by atoms with Crippen molar-refractivity contribution in [1.29, 1.82) is 0 Å². The second kappa shape index (κ2) is 6.20. The average molecular weight is 373 g/mol. The molecule has 0 saturated carbocycles. The Balaban J connectivity index is 1.69. The monoisotopic (exact) mass is 372 g/mol. The van der Waals surface area contributed by atoms with E-state index in [9.17, 15) is 0 Å². The van der Waals surface area contributed by atoms with Crippen LogP contribution in [0.15, 0.2) is 78.9 Å². The summed E-state index contributed by atoms with van der Waals surface area (Å²) >= 11 is 7.95. The third-order valence-corrected chi connectivity index (χ3v) is 5.79. The van der Waals surface area contributed by atoms with Crippen molar-refractivity contribution in [2.75, 3.05) is 0 Å². The SMILES string of the molecule is Clc1nc(-c2ccc(-c3ccccc3)cc2)c2sc3ccccc3c2n1. The summed E-state index contributed by atoms with van der Waals surface area (Å²) in [6.07, 6.45) is 0. The van der Waals surface area contributed by atoms with Gasteiger partial charge in [0.1, 0.15) is 0 Å². The average Bonchev–Trinajstić information content (AvgIpc) is 3.07. The van der Waals surface area contributed by atoms with Crippen molar-refractivity contribution in [3.8, 4) is 22.4 Å². The van der Waals surface area contributed by atoms with Gasteiger partial charge in [-0.05, 0) is 28.8 Å². The number of aromatic nitrogens is 2. The van der Waals surface area contributed by atoms with Crippen molar-refractivity contribution in [2.24, 2.45) is 0 Å². The molecule has 0 aliphatic rings. The fourth-order valence-electron chi connectivity index (χ4n) is 3.21. The summed E-state index contributed by atoms with van der Waals surface area (Å²) in [5.41, 5.74) is 5.24. The maximum Gasteiger partial charge on any atom is 0.223 e. The number of rotatable bonds is 2. The summed E-state index contributed by atoms with van der Waals surface area (Å²) in [6.45, 7) is 0. The second-order valence-electron chi connectivity index (χ2n) is 6.06. The molecule has 3 aromatic carbocycles. The highest BCUT2D eigenvalue weighted by atomic mass is 35.5. The van der Waals surface area contributed by atoms with E-state index < -0.39 is 0 Å². The van der Waals surface area contributed by atoms with Gasteiger partial charge in [0.05, 0.1) is 15.9 Å². The van der Waals surface area contributed by atoms with E-state index in [2.05, 4.69) is 58.5 Å². The molecule has 0 saturated heterocycles. The molecule has 4 heteroatoms. The van der Waals surface area contributed by atoms with Crippen LogP contribution in [0.2, 0.25) is 5.28 Å². The molecular formula is C22H13ClN2S. The molecule has 0 bridgehead atoms. The quantitative estimate of drug-likeness (QED) is 0.317. The smallest absolute Gasteiger partial charge is 0.216 e. The third-order valence-electron chi connectivity index (χ3n) is 4.46. The molecule has 0 aliphatic carbocycles. The predicted molar refractivity (Wildman–Crippen MR) is 111 cm³/mol. The Kier molecular flexibility index (Phi) is 3.70. The lowest BCUT2D eigenvalue weighted by molar-refractivity contribution is 1.24. The minimum Gasteiger partial charge on any atom is -0.216 e. The van der Waals surface area contributed by atoms with E-state index >= 15 is 0 Å². The highest BCUT2D eigenvalue weighted by Crippen LogP contribution is 2.38. The van der Waals surface area contributed by atoms with Crippen LogP contribution in [0.4, 0.5) is 0 Å². The Hall–Kier alpha value is -2.75. The van der Waals surface area contributed by atoms with E-state index in [1.54, 1.807) is 11.3 Å². The van der Waals surface area contributed by atoms with Gasteiger partial charge in [-0.25, -0.2) is 9.97 Å². The number of benzene rings is 3. The number of halogens is 1. The van der Waals surface area contributed by atoms with E-state index in [0.29, 0.717) is 0 Å². The molecule has 0 spiro atoms. The standard InChI is InChI=1S/C22H13ClN2S/c23-22-24-19(21-20(25-22)17-8-4-5-9-18(17)26-21)16-12-10-15(11-13-16)14-6-2-1-3-7-14/h1-13H. The first kappa shape index (κ1) is 15.5. The van der Waals surface area contributed by atoms with Crippen LogP contribution < -0.4 is 0 Å². The number of hydrogen-bond acceptors (Lipinski definition) is 3. The largest absolute Gasteiger partial charge is 0.223 e. The van der Waals surface area contributed by atoms with Gasteiger partial charge in [-0.15, -0.1) is 11.3 Å². The third kappa shape index (κ3) is 2.57. The van der Waals surface area contributed by atoms with Crippen LogP contribution in [-0.4, -0.2) is 9.97 Å². The molecule has 0 atom stereocenters. The summed E-state index contributed by atoms with van der Waals surface area (Å²) in [5, 5.41) is 1.40. The zero-order chi connectivity index (χ0) is 17.5. The van der Waals surface area contributed by atoms with Crippen LogP contribution in [0.3, 0.4) is 0 Å². The first-order chi connectivity index (χ1) is 12.8. The molecule has 124 valence electrons. The van der Waals surface area contributed by atoms with Crippen molar-refractivity contribution in [3.63, 3.8) is 0 Å². The fourth-order valence-corrected chi connectivity index (χ4v) is 4.53. The molecule has 2 aromatic heterocycles. The van der Waals surface area contributed by atoms with Crippen molar-refractivity contribution in [1.82, 2.24) is 9.97 Å². The highest BCUT2D eigenvalue weighted by molar-refractivity contribution is 7.26. The predicted octanol–water partition coefficient (Wildman–Crippen LogP) is 6.83. The Morgan fingerprint density at radius 2 is 1.31 bits per heavy atom. The van der Waals surface area contributed by atoms with Crippen LogP contribution in [-0.2, 0) is 0 Å². The Morgan fingerprint density at radius 3 is 2.12 bits per heavy atom. The molecule has 26 heavy (non-hydrogen) atoms. The zero-order valence-electron chi connectivity index (χ0n) is 13.7. The molecule has 0 aliphatic heterocycles. The van der Waals surface area contributed by atoms with Gasteiger partial charge in [-0.3, -0.25) is 0 Å². The van der Waals surface area contributed by atoms with Gasteiger partial charge in [-0.2, -0.15) is 0 Å². The lowest BCUT2D eigenvalue weighted by Gasteiger charge is -2.06. The first-order valence-corrected chi connectivity index (χ1v) is 9.50. The minimum atomic E-state index is 0.281. The summed E-state index contributed by atoms with van der Waals surface area (Å²) in [5.74, 6) is 0. The van der Waals surface area contributed by atoms with Crippen LogP contribution in [0.1, 0.15) is 0 Å². The molecule has 0 radical (unpaired) electrons. The summed E-state index contributed by atoms with van der Waals surface area (Å²) in [6, 6.07) is 27.1. The summed E-state index contributed by atoms with van der Waals surface area (Å²) < 4.78 is 2.27. The molecule has 2 nitrogen and oxygen atoms in total. The van der Waals surface area contributed by atoms with Crippen LogP contribution >= 0.6 is 22.9 Å². The van der Waals surface area contributed by atoms with Crippen molar-refractivity contribution < 1.29 is 0 Å². The molecule has 0 amide bonds. The number of nitrogens with zero attached hydrogens (tertiary/aromatic N) is 2. The van der Waals surface area contributed by atoms with Gasteiger partial charge in [0.25, 0.3) is 0 Å². The Bertz CT molecular complexity index is 1230. The van der Waals surface area contributed by atoms with E-state index in [1.165, 1.54) is 15.8 Å². The van der Waals surface area contributed by atoms with Gasteiger partial charge in [-0.1, -0.05) is 72.8 Å². The number of fused-ring (bicyclic) bond motifs is 3. The molecule has 5 aromatic rings. The van der Waals surface area contributed by atoms with Crippen LogP contribution in [0.5, 0.6) is 0 Å². The molecule has 0 N–H and O–H groups in total. The molecule has 5 rings (SSSR count). The molecular weight excluding hydrogens is 360 g/mol. The van der Waals surface area contributed by atoms with Crippen LogP contribution in [0.25, 0.3) is 42.7 Å². The van der Waals surface area contributed by atoms with Gasteiger partial charge in [0, 0.05) is 15.6 Å². The number of thiophene rings is 1. The maximum absolute atomic E-state index is 6.24. The van der Waals surface area contributed by atoms with E-state index in [-0.39, 0.29) is 5.28 Å². The van der Waals surface area contributed by atoms with E-state index in [4.69, 9.17) is 11.6 Å². The number of hydrogen-bond donors (Lipinski definition) is 0. The molecule has 0 unspecified atom stereocenters. The van der Waals surface area contributed by atoms with E-state index in [1.807, 2.05) is 30.3 Å². The second-order valence-corrected chi connectivity index (χ2v) is 7.45. The van der Waals surface area contributed by atoms with Crippen molar-refractivity contribution >= 4 is 43.2 Å². The lowest BCUT2D eigenvalue weighted by atomic mass is 10.0. The lowest BCUT2D eigenvalue weighted by Crippen LogP contribution is -1.89.